The predicted octanol–water partition coefficient (Wildman–Crippen LogP) is -0.435. The maximum Gasteiger partial charge on any atom is 0.276 e. The highest BCUT2D eigenvalue weighted by molar-refractivity contribution is 7.90. The van der Waals surface area contributed by atoms with Crippen LogP contribution in [0.3, 0.4) is 0 Å². The molecule has 0 atom stereocenters. The van der Waals surface area contributed by atoms with E-state index in [0.29, 0.717) is 0 Å². The first-order valence-electron chi connectivity index (χ1n) is 3.86. The summed E-state index contributed by atoms with van der Waals surface area (Å²) < 4.78 is 35.9. The molecule has 0 unspecified atom stereocenters. The summed E-state index contributed by atoms with van der Waals surface area (Å²) in [5, 5.41) is 3.07. The van der Waals surface area contributed by atoms with Crippen molar-refractivity contribution in [2.24, 2.45) is 0 Å². The van der Waals surface area contributed by atoms with Crippen molar-refractivity contribution in [2.45, 2.75) is 5.16 Å². The zero-order valence-electron chi connectivity index (χ0n) is 7.56. The molecule has 0 aliphatic rings. The Labute approximate surface area is 83.3 Å². The van der Waals surface area contributed by atoms with E-state index in [1.54, 1.807) is 0 Å². The van der Waals surface area contributed by atoms with Gasteiger partial charge in [-0.3, -0.25) is 9.78 Å². The Hall–Kier alpha value is -1.70. The summed E-state index contributed by atoms with van der Waals surface area (Å²) >= 11 is 0. The van der Waals surface area contributed by atoms with Gasteiger partial charge in [0.2, 0.25) is 15.0 Å². The molecule has 0 saturated heterocycles. The van der Waals surface area contributed by atoms with Crippen LogP contribution in [0.1, 0.15) is 0 Å². The summed E-state index contributed by atoms with van der Waals surface area (Å²) in [5.74, 6) is -0.654. The SMILES string of the molecule is CS(=O)(=O)c1nn2cc(F)cc2c(=O)[nH]1. The Morgan fingerprint density at radius 2 is 2.20 bits per heavy atom. The van der Waals surface area contributed by atoms with Gasteiger partial charge in [-0.1, -0.05) is 0 Å². The molecule has 0 aromatic carbocycles. The summed E-state index contributed by atoms with van der Waals surface area (Å²) in [6.45, 7) is 0. The van der Waals surface area contributed by atoms with Crippen molar-refractivity contribution < 1.29 is 12.8 Å². The topological polar surface area (TPSA) is 84.3 Å². The van der Waals surface area contributed by atoms with Crippen molar-refractivity contribution in [2.75, 3.05) is 6.26 Å². The molecule has 0 bridgehead atoms. The van der Waals surface area contributed by atoms with Gasteiger partial charge in [-0.15, -0.1) is 5.10 Å². The minimum absolute atomic E-state index is 0.0418. The second kappa shape index (κ2) is 2.89. The third kappa shape index (κ3) is 1.63. The van der Waals surface area contributed by atoms with Crippen molar-refractivity contribution >= 4 is 15.4 Å². The second-order valence-electron chi connectivity index (χ2n) is 3.02. The van der Waals surface area contributed by atoms with Crippen LogP contribution in [0.2, 0.25) is 0 Å². The minimum atomic E-state index is -3.62. The first-order valence-corrected chi connectivity index (χ1v) is 5.75. The number of nitrogens with zero attached hydrogens (tertiary/aromatic N) is 2. The molecule has 8 heteroatoms. The van der Waals surface area contributed by atoms with Crippen LogP contribution in [0.25, 0.3) is 5.52 Å². The molecular weight excluding hydrogens is 225 g/mol. The van der Waals surface area contributed by atoms with E-state index in [9.17, 15) is 17.6 Å². The average molecular weight is 231 g/mol. The maximum absolute atomic E-state index is 12.8. The Kier molecular flexibility index (Phi) is 1.90. The molecule has 6 nitrogen and oxygen atoms in total. The summed E-state index contributed by atoms with van der Waals surface area (Å²) in [4.78, 5) is 13.4. The summed E-state index contributed by atoms with van der Waals surface area (Å²) in [7, 11) is -3.62. The van der Waals surface area contributed by atoms with Gasteiger partial charge in [0, 0.05) is 12.3 Å². The van der Waals surface area contributed by atoms with Gasteiger partial charge in [0.1, 0.15) is 11.3 Å². The fraction of sp³-hybridized carbons (Fsp3) is 0.143. The van der Waals surface area contributed by atoms with Crippen molar-refractivity contribution in [3.8, 4) is 0 Å². The zero-order valence-corrected chi connectivity index (χ0v) is 8.38. The van der Waals surface area contributed by atoms with Crippen LogP contribution in [0, 0.1) is 5.82 Å². The number of nitrogens with one attached hydrogen (secondary N) is 1. The monoisotopic (exact) mass is 231 g/mol. The summed E-state index contributed by atoms with van der Waals surface area (Å²) in [5.41, 5.74) is -0.741. The van der Waals surface area contributed by atoms with Gasteiger partial charge in [0.15, 0.2) is 0 Å². The highest BCUT2D eigenvalue weighted by Crippen LogP contribution is 2.04. The Morgan fingerprint density at radius 1 is 1.53 bits per heavy atom. The van der Waals surface area contributed by atoms with E-state index in [1.807, 2.05) is 0 Å². The van der Waals surface area contributed by atoms with E-state index in [2.05, 4.69) is 10.1 Å². The molecule has 0 spiro atoms. The van der Waals surface area contributed by atoms with E-state index in [1.165, 1.54) is 0 Å². The molecule has 0 saturated carbocycles. The number of H-pyrrole nitrogens is 1. The third-order valence-corrected chi connectivity index (χ3v) is 2.66. The highest BCUT2D eigenvalue weighted by Gasteiger charge is 2.13. The number of aromatic nitrogens is 3. The lowest BCUT2D eigenvalue weighted by molar-refractivity contribution is 0.584. The van der Waals surface area contributed by atoms with Gasteiger partial charge in [-0.25, -0.2) is 17.3 Å². The molecule has 2 aromatic rings. The van der Waals surface area contributed by atoms with Crippen LogP contribution in [-0.2, 0) is 9.84 Å². The molecule has 0 aliphatic heterocycles. The van der Waals surface area contributed by atoms with Crippen LogP contribution in [-0.4, -0.2) is 29.3 Å². The third-order valence-electron chi connectivity index (χ3n) is 1.77. The van der Waals surface area contributed by atoms with Gasteiger partial charge < -0.3 is 0 Å². The molecule has 15 heavy (non-hydrogen) atoms. The molecule has 1 N–H and O–H groups in total. The van der Waals surface area contributed by atoms with Gasteiger partial charge in [-0.05, 0) is 0 Å². The number of halogens is 1. The number of fused-ring (bicyclic) bond motifs is 1. The van der Waals surface area contributed by atoms with Crippen LogP contribution in [0.4, 0.5) is 4.39 Å². The highest BCUT2D eigenvalue weighted by atomic mass is 32.2. The van der Waals surface area contributed by atoms with Gasteiger partial charge in [0.05, 0.1) is 6.20 Å². The molecule has 80 valence electrons. The van der Waals surface area contributed by atoms with E-state index in [4.69, 9.17) is 0 Å². The van der Waals surface area contributed by atoms with Crippen molar-refractivity contribution in [1.29, 1.82) is 0 Å². The lowest BCUT2D eigenvalue weighted by Crippen LogP contribution is -2.18. The quantitative estimate of drug-likeness (QED) is 0.721. The van der Waals surface area contributed by atoms with Gasteiger partial charge in [-0.2, -0.15) is 0 Å². The first kappa shape index (κ1) is 9.84. The molecular formula is C7H6FN3O3S. The standard InChI is InChI=1S/C7H6FN3O3S/c1-15(13,14)7-9-6(12)5-2-4(8)3-11(5)10-7/h2-3H,1H3,(H,9,10,12). The molecule has 2 aromatic heterocycles. The first-order chi connectivity index (χ1) is 6.88. The molecule has 0 radical (unpaired) electrons. The number of hydrogen-bond acceptors (Lipinski definition) is 4. The average Bonchev–Trinajstić information content (AvgIpc) is 2.44. The zero-order chi connectivity index (χ0) is 11.2. The molecule has 0 amide bonds. The van der Waals surface area contributed by atoms with Crippen molar-refractivity contribution in [1.82, 2.24) is 14.6 Å². The number of rotatable bonds is 1. The van der Waals surface area contributed by atoms with Crippen molar-refractivity contribution in [3.63, 3.8) is 0 Å². The lowest BCUT2D eigenvalue weighted by atomic mass is 10.5. The van der Waals surface area contributed by atoms with Crippen LogP contribution < -0.4 is 5.56 Å². The maximum atomic E-state index is 12.8. The van der Waals surface area contributed by atoms with E-state index in [-0.39, 0.29) is 5.52 Å². The smallest absolute Gasteiger partial charge is 0.276 e. The largest absolute Gasteiger partial charge is 0.294 e. The summed E-state index contributed by atoms with van der Waals surface area (Å²) in [6, 6.07) is 0.970. The van der Waals surface area contributed by atoms with Crippen LogP contribution >= 0.6 is 0 Å². The molecule has 2 heterocycles. The minimum Gasteiger partial charge on any atom is -0.294 e. The Morgan fingerprint density at radius 3 is 2.80 bits per heavy atom. The van der Waals surface area contributed by atoms with Gasteiger partial charge in [0.25, 0.3) is 5.56 Å². The van der Waals surface area contributed by atoms with Gasteiger partial charge >= 0.3 is 0 Å². The Balaban J connectivity index is 2.90. The normalized spacial score (nSPS) is 12.1. The molecule has 2 rings (SSSR count). The molecule has 0 aliphatic carbocycles. The fourth-order valence-corrected chi connectivity index (χ4v) is 1.64. The second-order valence-corrected chi connectivity index (χ2v) is 4.95. The van der Waals surface area contributed by atoms with Crippen molar-refractivity contribution in [3.05, 3.63) is 28.4 Å². The number of sulfone groups is 1. The summed E-state index contributed by atoms with van der Waals surface area (Å²) in [6.07, 6.45) is 1.83. The number of hydrogen-bond donors (Lipinski definition) is 1. The lowest BCUT2D eigenvalue weighted by Gasteiger charge is -1.97. The van der Waals surface area contributed by atoms with E-state index >= 15 is 0 Å². The van der Waals surface area contributed by atoms with Crippen LogP contribution in [0.15, 0.2) is 22.2 Å². The number of aromatic amines is 1. The predicted molar refractivity (Wildman–Crippen MR) is 48.9 cm³/mol. The van der Waals surface area contributed by atoms with E-state index in [0.717, 1.165) is 23.0 Å². The van der Waals surface area contributed by atoms with Crippen LogP contribution in [0.5, 0.6) is 0 Å². The Bertz CT molecular complexity index is 685. The fourth-order valence-electron chi connectivity index (χ4n) is 1.12. The van der Waals surface area contributed by atoms with E-state index < -0.39 is 26.4 Å². The molecule has 0 fully saturated rings.